The van der Waals surface area contributed by atoms with Crippen LogP contribution in [0.5, 0.6) is 0 Å². The molecule has 1 saturated heterocycles. The second kappa shape index (κ2) is 7.75. The second-order valence-electron chi connectivity index (χ2n) is 7.50. The van der Waals surface area contributed by atoms with Crippen LogP contribution in [0.4, 0.5) is 4.79 Å². The van der Waals surface area contributed by atoms with Crippen LogP contribution >= 0.6 is 0 Å². The number of amides is 2. The van der Waals surface area contributed by atoms with Gasteiger partial charge in [-0.15, -0.1) is 0 Å². The maximum atomic E-state index is 12.7. The van der Waals surface area contributed by atoms with E-state index in [0.717, 1.165) is 5.56 Å². The zero-order valence-corrected chi connectivity index (χ0v) is 15.5. The summed E-state index contributed by atoms with van der Waals surface area (Å²) in [6.45, 7) is 7.14. The van der Waals surface area contributed by atoms with Gasteiger partial charge in [0, 0.05) is 6.42 Å². The van der Waals surface area contributed by atoms with Crippen LogP contribution in [0.25, 0.3) is 0 Å². The molecule has 2 rings (SSSR count). The Morgan fingerprint density at radius 3 is 2.50 bits per heavy atom. The number of likely N-dealkylation sites (tertiary alicyclic amines) is 1. The lowest BCUT2D eigenvalue weighted by Crippen LogP contribution is -2.48. The third kappa shape index (κ3) is 4.96. The summed E-state index contributed by atoms with van der Waals surface area (Å²) in [6, 6.07) is 7.89. The average Bonchev–Trinajstić information content (AvgIpc) is 2.95. The molecule has 1 unspecified atom stereocenters. The van der Waals surface area contributed by atoms with E-state index in [0.29, 0.717) is 5.56 Å². The lowest BCUT2D eigenvalue weighted by Gasteiger charge is -2.28. The van der Waals surface area contributed by atoms with E-state index < -0.39 is 23.8 Å². The van der Waals surface area contributed by atoms with Crippen molar-refractivity contribution in [2.24, 2.45) is 0 Å². The third-order valence-corrected chi connectivity index (χ3v) is 4.11. The monoisotopic (exact) mass is 359 g/mol. The number of aliphatic hydroxyl groups is 1. The SMILES string of the molecule is CC(NC(=O)[C@@H]1C[C@@H](O)CN1C(=O)OC(C)(C)C)c1ccc(C#N)cc1. The molecule has 1 heterocycles. The van der Waals surface area contributed by atoms with Gasteiger partial charge in [-0.25, -0.2) is 4.79 Å². The van der Waals surface area contributed by atoms with Gasteiger partial charge in [0.15, 0.2) is 0 Å². The quantitative estimate of drug-likeness (QED) is 0.860. The van der Waals surface area contributed by atoms with Crippen molar-refractivity contribution in [2.45, 2.75) is 57.9 Å². The summed E-state index contributed by atoms with van der Waals surface area (Å²) in [6.07, 6.45) is -1.20. The second-order valence-corrected chi connectivity index (χ2v) is 7.50. The predicted molar refractivity (Wildman–Crippen MR) is 95.1 cm³/mol. The zero-order chi connectivity index (χ0) is 19.5. The summed E-state index contributed by atoms with van der Waals surface area (Å²) in [5, 5.41) is 21.6. The molecule has 3 atom stereocenters. The van der Waals surface area contributed by atoms with Gasteiger partial charge >= 0.3 is 6.09 Å². The first kappa shape index (κ1) is 19.7. The number of benzene rings is 1. The van der Waals surface area contributed by atoms with Crippen LogP contribution in [0.1, 0.15) is 51.3 Å². The van der Waals surface area contributed by atoms with Crippen LogP contribution in [0, 0.1) is 11.3 Å². The van der Waals surface area contributed by atoms with E-state index in [2.05, 4.69) is 5.32 Å². The smallest absolute Gasteiger partial charge is 0.411 e. The zero-order valence-electron chi connectivity index (χ0n) is 15.5. The Labute approximate surface area is 153 Å². The fraction of sp³-hybridized carbons (Fsp3) is 0.526. The van der Waals surface area contributed by atoms with Crippen LogP contribution < -0.4 is 5.32 Å². The minimum absolute atomic E-state index is 0.0677. The van der Waals surface area contributed by atoms with E-state index in [1.165, 1.54) is 4.90 Å². The highest BCUT2D eigenvalue weighted by Crippen LogP contribution is 2.23. The van der Waals surface area contributed by atoms with E-state index >= 15 is 0 Å². The average molecular weight is 359 g/mol. The van der Waals surface area contributed by atoms with Crippen LogP contribution in [0.3, 0.4) is 0 Å². The molecule has 0 spiro atoms. The molecule has 140 valence electrons. The van der Waals surface area contributed by atoms with Crippen molar-refractivity contribution in [3.05, 3.63) is 35.4 Å². The molecular formula is C19H25N3O4. The van der Waals surface area contributed by atoms with Crippen molar-refractivity contribution in [1.29, 1.82) is 5.26 Å². The number of carbonyl (C=O) groups excluding carboxylic acids is 2. The lowest BCUT2D eigenvalue weighted by molar-refractivity contribution is -0.126. The largest absolute Gasteiger partial charge is 0.444 e. The van der Waals surface area contributed by atoms with Crippen LogP contribution in [0.15, 0.2) is 24.3 Å². The topological polar surface area (TPSA) is 103 Å². The first-order valence-electron chi connectivity index (χ1n) is 8.59. The van der Waals surface area contributed by atoms with E-state index in [-0.39, 0.29) is 24.9 Å². The van der Waals surface area contributed by atoms with Crippen LogP contribution in [-0.2, 0) is 9.53 Å². The van der Waals surface area contributed by atoms with Gasteiger partial charge in [0.2, 0.25) is 5.91 Å². The molecule has 7 nitrogen and oxygen atoms in total. The van der Waals surface area contributed by atoms with Gasteiger partial charge in [0.1, 0.15) is 11.6 Å². The standard InChI is InChI=1S/C19H25N3O4/c1-12(14-7-5-13(10-20)6-8-14)21-17(24)16-9-15(23)11-22(16)18(25)26-19(2,3)4/h5-8,12,15-16,23H,9,11H2,1-4H3,(H,21,24)/t12?,15-,16+/m1/s1. The highest BCUT2D eigenvalue weighted by atomic mass is 16.6. The third-order valence-electron chi connectivity index (χ3n) is 4.11. The molecular weight excluding hydrogens is 334 g/mol. The number of aliphatic hydroxyl groups excluding tert-OH is 1. The molecule has 1 aliphatic heterocycles. The highest BCUT2D eigenvalue weighted by molar-refractivity contribution is 5.86. The molecule has 2 amide bonds. The summed E-state index contributed by atoms with van der Waals surface area (Å²) in [5.41, 5.74) is 0.712. The first-order valence-corrected chi connectivity index (χ1v) is 8.59. The first-order chi connectivity index (χ1) is 12.1. The summed E-state index contributed by atoms with van der Waals surface area (Å²) < 4.78 is 5.33. The number of carbonyl (C=O) groups is 2. The van der Waals surface area contributed by atoms with Crippen molar-refractivity contribution in [3.63, 3.8) is 0 Å². The van der Waals surface area contributed by atoms with Crippen molar-refractivity contribution in [2.75, 3.05) is 6.54 Å². The minimum atomic E-state index is -0.777. The Morgan fingerprint density at radius 2 is 1.96 bits per heavy atom. The number of nitriles is 1. The van der Waals surface area contributed by atoms with Crippen molar-refractivity contribution in [3.8, 4) is 6.07 Å². The number of ether oxygens (including phenoxy) is 1. The molecule has 7 heteroatoms. The number of hydrogen-bond donors (Lipinski definition) is 2. The fourth-order valence-electron chi connectivity index (χ4n) is 2.82. The molecule has 0 aromatic heterocycles. The van der Waals surface area contributed by atoms with Gasteiger partial charge in [-0.2, -0.15) is 5.26 Å². The molecule has 1 aromatic carbocycles. The molecule has 0 radical (unpaired) electrons. The summed E-state index contributed by atoms with van der Waals surface area (Å²) in [7, 11) is 0. The van der Waals surface area contributed by atoms with E-state index in [1.807, 2.05) is 13.0 Å². The Bertz CT molecular complexity index is 703. The maximum Gasteiger partial charge on any atom is 0.411 e. The Hall–Kier alpha value is -2.59. The lowest BCUT2D eigenvalue weighted by atomic mass is 10.1. The number of nitrogens with one attached hydrogen (secondary N) is 1. The van der Waals surface area contributed by atoms with Crippen LogP contribution in [-0.4, -0.2) is 46.3 Å². The molecule has 1 aromatic rings. The van der Waals surface area contributed by atoms with Gasteiger partial charge in [0.25, 0.3) is 0 Å². The maximum absolute atomic E-state index is 12.7. The van der Waals surface area contributed by atoms with E-state index in [1.54, 1.807) is 45.0 Å². The number of nitrogens with zero attached hydrogens (tertiary/aromatic N) is 2. The van der Waals surface area contributed by atoms with Crippen LogP contribution in [0.2, 0.25) is 0 Å². The number of β-amino-alcohol motifs (C(OH)–C–C–N with tert-alkyl or cyclic N) is 1. The predicted octanol–water partition coefficient (Wildman–Crippen LogP) is 2.11. The summed E-state index contributed by atoms with van der Waals surface area (Å²) in [5.74, 6) is -0.343. The van der Waals surface area contributed by atoms with E-state index in [9.17, 15) is 14.7 Å². The Morgan fingerprint density at radius 1 is 1.35 bits per heavy atom. The molecule has 0 saturated carbocycles. The summed E-state index contributed by atoms with van der Waals surface area (Å²) in [4.78, 5) is 26.3. The van der Waals surface area contributed by atoms with E-state index in [4.69, 9.17) is 10.00 Å². The normalized spacial score (nSPS) is 21.0. The molecule has 0 aliphatic carbocycles. The van der Waals surface area contributed by atoms with Gasteiger partial charge in [0.05, 0.1) is 30.3 Å². The van der Waals surface area contributed by atoms with Gasteiger partial charge in [-0.3, -0.25) is 9.69 Å². The molecule has 1 aliphatic rings. The molecule has 26 heavy (non-hydrogen) atoms. The van der Waals surface area contributed by atoms with Crippen molar-refractivity contribution in [1.82, 2.24) is 10.2 Å². The summed E-state index contributed by atoms with van der Waals surface area (Å²) >= 11 is 0. The van der Waals surface area contributed by atoms with Gasteiger partial charge in [-0.1, -0.05) is 12.1 Å². The Kier molecular flexibility index (Phi) is 5.88. The highest BCUT2D eigenvalue weighted by Gasteiger charge is 2.41. The molecule has 0 bridgehead atoms. The molecule has 1 fully saturated rings. The number of rotatable bonds is 3. The fourth-order valence-corrected chi connectivity index (χ4v) is 2.82. The number of hydrogen-bond acceptors (Lipinski definition) is 5. The molecule has 2 N–H and O–H groups in total. The van der Waals surface area contributed by atoms with Crippen molar-refractivity contribution >= 4 is 12.0 Å². The Balaban J connectivity index is 2.06. The minimum Gasteiger partial charge on any atom is -0.444 e. The van der Waals surface area contributed by atoms with Gasteiger partial charge in [-0.05, 0) is 45.4 Å². The van der Waals surface area contributed by atoms with Crippen molar-refractivity contribution < 1.29 is 19.4 Å². The van der Waals surface area contributed by atoms with Gasteiger partial charge < -0.3 is 15.2 Å².